The monoisotopic (exact) mass is 330 g/mol. The van der Waals surface area contributed by atoms with Gasteiger partial charge in [0.05, 0.1) is 12.0 Å². The molecule has 0 radical (unpaired) electrons. The van der Waals surface area contributed by atoms with E-state index in [1.807, 2.05) is 0 Å². The van der Waals surface area contributed by atoms with Crippen molar-refractivity contribution in [3.8, 4) is 0 Å². The highest BCUT2D eigenvalue weighted by molar-refractivity contribution is 7.89. The van der Waals surface area contributed by atoms with Crippen molar-refractivity contribution in [3.63, 3.8) is 0 Å². The number of nitrogens with zero attached hydrogens (tertiary/aromatic N) is 2. The summed E-state index contributed by atoms with van der Waals surface area (Å²) in [4.78, 5) is 15.7. The van der Waals surface area contributed by atoms with Crippen LogP contribution >= 0.6 is 11.6 Å². The molecule has 1 spiro atoms. The lowest BCUT2D eigenvalue weighted by Crippen LogP contribution is -2.44. The van der Waals surface area contributed by atoms with E-state index >= 15 is 0 Å². The molecule has 0 bridgehead atoms. The third-order valence-corrected chi connectivity index (χ3v) is 6.37. The highest BCUT2D eigenvalue weighted by atomic mass is 35.5. The Labute approximate surface area is 128 Å². The molecule has 0 aliphatic carbocycles. The van der Waals surface area contributed by atoms with Gasteiger partial charge in [-0.05, 0) is 31.4 Å². The largest absolute Gasteiger partial charge is 0.465 e. The van der Waals surface area contributed by atoms with E-state index in [0.29, 0.717) is 39.0 Å². The van der Waals surface area contributed by atoms with Crippen LogP contribution in [0.5, 0.6) is 0 Å². The predicted octanol–water partition coefficient (Wildman–Crippen LogP) is 1.45. The summed E-state index contributed by atoms with van der Waals surface area (Å²) in [7, 11) is -3.58. The van der Waals surface area contributed by atoms with E-state index in [4.69, 9.17) is 16.3 Å². The van der Waals surface area contributed by atoms with Crippen molar-refractivity contribution in [2.24, 2.45) is 5.41 Å². The molecule has 3 rings (SSSR count). The summed E-state index contributed by atoms with van der Waals surface area (Å²) < 4.78 is 31.5. The summed E-state index contributed by atoms with van der Waals surface area (Å²) in [6.45, 7) is 1.08. The van der Waals surface area contributed by atoms with Gasteiger partial charge in [0.15, 0.2) is 0 Å². The lowest BCUT2D eigenvalue weighted by Gasteiger charge is -2.35. The van der Waals surface area contributed by atoms with Crippen LogP contribution in [0.25, 0.3) is 0 Å². The Kier molecular flexibility index (Phi) is 3.67. The molecule has 8 heteroatoms. The minimum Gasteiger partial charge on any atom is -0.465 e. The molecule has 2 fully saturated rings. The fraction of sp³-hybridized carbons (Fsp3) is 0.538. The predicted molar refractivity (Wildman–Crippen MR) is 75.2 cm³/mol. The summed E-state index contributed by atoms with van der Waals surface area (Å²) in [5.74, 6) is -0.187. The van der Waals surface area contributed by atoms with E-state index in [2.05, 4.69) is 4.98 Å². The molecule has 0 unspecified atom stereocenters. The Morgan fingerprint density at radius 1 is 1.24 bits per heavy atom. The number of halogens is 1. The van der Waals surface area contributed by atoms with Gasteiger partial charge in [-0.15, -0.1) is 0 Å². The van der Waals surface area contributed by atoms with Crippen LogP contribution in [-0.2, 0) is 19.6 Å². The molecule has 2 saturated heterocycles. The van der Waals surface area contributed by atoms with Crippen LogP contribution in [0.4, 0.5) is 0 Å². The smallest absolute Gasteiger partial charge is 0.312 e. The van der Waals surface area contributed by atoms with Crippen molar-refractivity contribution < 1.29 is 17.9 Å². The number of esters is 1. The van der Waals surface area contributed by atoms with Gasteiger partial charge in [-0.1, -0.05) is 11.6 Å². The molecular formula is C13H15ClN2O4S. The van der Waals surface area contributed by atoms with Gasteiger partial charge in [0, 0.05) is 19.3 Å². The van der Waals surface area contributed by atoms with Crippen molar-refractivity contribution in [2.45, 2.75) is 24.2 Å². The van der Waals surface area contributed by atoms with Crippen LogP contribution < -0.4 is 0 Å². The zero-order chi connectivity index (χ0) is 15.1. The molecule has 1 aromatic heterocycles. The maximum atomic E-state index is 12.5. The summed E-state index contributed by atoms with van der Waals surface area (Å²) in [6, 6.07) is 2.90. The Bertz CT molecular complexity index is 651. The number of ether oxygens (including phenoxy) is 1. The molecule has 2 aliphatic heterocycles. The van der Waals surface area contributed by atoms with Gasteiger partial charge in [-0.2, -0.15) is 4.31 Å². The number of carbonyl (C=O) groups is 1. The number of piperidine rings is 1. The number of pyridine rings is 1. The molecule has 3 heterocycles. The minimum atomic E-state index is -3.58. The van der Waals surface area contributed by atoms with Gasteiger partial charge in [0.25, 0.3) is 0 Å². The second-order valence-electron chi connectivity index (χ2n) is 5.39. The van der Waals surface area contributed by atoms with Crippen molar-refractivity contribution >= 4 is 27.6 Å². The van der Waals surface area contributed by atoms with Crippen molar-refractivity contribution in [1.82, 2.24) is 9.29 Å². The number of hydrogen-bond donors (Lipinski definition) is 0. The van der Waals surface area contributed by atoms with Crippen LogP contribution in [0, 0.1) is 5.41 Å². The number of sulfonamides is 1. The van der Waals surface area contributed by atoms with E-state index in [1.54, 1.807) is 0 Å². The molecule has 0 atom stereocenters. The number of cyclic esters (lactones) is 1. The zero-order valence-electron chi connectivity index (χ0n) is 11.3. The summed E-state index contributed by atoms with van der Waals surface area (Å²) in [5.41, 5.74) is -0.482. The highest BCUT2D eigenvalue weighted by Gasteiger charge is 2.48. The van der Waals surface area contributed by atoms with E-state index in [1.165, 1.54) is 22.6 Å². The third-order valence-electron chi connectivity index (χ3n) is 4.26. The van der Waals surface area contributed by atoms with Crippen molar-refractivity contribution in [3.05, 3.63) is 23.5 Å². The number of carbonyl (C=O) groups excluding carboxylic acids is 1. The second-order valence-corrected chi connectivity index (χ2v) is 7.71. The zero-order valence-corrected chi connectivity index (χ0v) is 12.9. The Morgan fingerprint density at radius 2 is 1.95 bits per heavy atom. The first-order valence-corrected chi connectivity index (χ1v) is 8.55. The quantitative estimate of drug-likeness (QED) is 0.606. The normalized spacial score (nSPS) is 22.4. The van der Waals surface area contributed by atoms with Crippen LogP contribution in [-0.4, -0.2) is 43.4 Å². The standard InChI is InChI=1S/C13H15ClN2O4S/c14-11-2-1-10(9-15-11)21(18,19)16-6-3-13(4-7-16)5-8-20-12(13)17/h1-2,9H,3-8H2. The first-order valence-electron chi connectivity index (χ1n) is 6.73. The molecule has 2 aliphatic rings. The van der Waals surface area contributed by atoms with Gasteiger partial charge >= 0.3 is 5.97 Å². The molecular weight excluding hydrogens is 316 g/mol. The molecule has 0 saturated carbocycles. The van der Waals surface area contributed by atoms with E-state index in [0.717, 1.165) is 0 Å². The van der Waals surface area contributed by atoms with Gasteiger partial charge < -0.3 is 4.74 Å². The lowest BCUT2D eigenvalue weighted by atomic mass is 9.78. The fourth-order valence-electron chi connectivity index (χ4n) is 2.87. The number of aromatic nitrogens is 1. The van der Waals surface area contributed by atoms with Gasteiger partial charge in [-0.25, -0.2) is 13.4 Å². The molecule has 0 N–H and O–H groups in total. The maximum absolute atomic E-state index is 12.5. The van der Waals surface area contributed by atoms with Crippen molar-refractivity contribution in [1.29, 1.82) is 0 Å². The van der Waals surface area contributed by atoms with Gasteiger partial charge in [0.2, 0.25) is 10.0 Å². The first-order chi connectivity index (χ1) is 9.94. The SMILES string of the molecule is O=C1OCCC12CCN(S(=O)(=O)c1ccc(Cl)nc1)CC2. The number of rotatable bonds is 2. The average molecular weight is 331 g/mol. The molecule has 21 heavy (non-hydrogen) atoms. The summed E-state index contributed by atoms with van der Waals surface area (Å²) >= 11 is 5.67. The molecule has 1 aromatic rings. The maximum Gasteiger partial charge on any atom is 0.312 e. The Hall–Kier alpha value is -1.18. The second kappa shape index (κ2) is 5.23. The Balaban J connectivity index is 1.77. The van der Waals surface area contributed by atoms with E-state index in [-0.39, 0.29) is 16.0 Å². The molecule has 114 valence electrons. The van der Waals surface area contributed by atoms with Crippen LogP contribution in [0.3, 0.4) is 0 Å². The van der Waals surface area contributed by atoms with Gasteiger partial charge in [-0.3, -0.25) is 4.79 Å². The summed E-state index contributed by atoms with van der Waals surface area (Å²) in [5, 5.41) is 0.250. The first kappa shape index (κ1) is 14.7. The molecule has 0 amide bonds. The summed E-state index contributed by atoms with van der Waals surface area (Å²) in [6.07, 6.45) is 2.95. The third kappa shape index (κ3) is 2.54. The highest BCUT2D eigenvalue weighted by Crippen LogP contribution is 2.41. The lowest BCUT2D eigenvalue weighted by molar-refractivity contribution is -0.147. The van der Waals surface area contributed by atoms with Crippen molar-refractivity contribution in [2.75, 3.05) is 19.7 Å². The number of hydrogen-bond acceptors (Lipinski definition) is 5. The molecule has 0 aromatic carbocycles. The molecule has 6 nitrogen and oxygen atoms in total. The van der Waals surface area contributed by atoms with Gasteiger partial charge in [0.1, 0.15) is 10.0 Å². The topological polar surface area (TPSA) is 76.6 Å². The minimum absolute atomic E-state index is 0.122. The van der Waals surface area contributed by atoms with Crippen LogP contribution in [0.1, 0.15) is 19.3 Å². The van der Waals surface area contributed by atoms with E-state index in [9.17, 15) is 13.2 Å². The fourth-order valence-corrected chi connectivity index (χ4v) is 4.37. The van der Waals surface area contributed by atoms with E-state index < -0.39 is 15.4 Å². The Morgan fingerprint density at radius 3 is 2.48 bits per heavy atom. The van der Waals surface area contributed by atoms with Crippen LogP contribution in [0.15, 0.2) is 23.2 Å². The average Bonchev–Trinajstić information content (AvgIpc) is 2.81. The van der Waals surface area contributed by atoms with Crippen LogP contribution in [0.2, 0.25) is 5.15 Å².